The molecule has 0 radical (unpaired) electrons. The summed E-state index contributed by atoms with van der Waals surface area (Å²) in [6.07, 6.45) is 1.92. The van der Waals surface area contributed by atoms with Crippen LogP contribution in [0.3, 0.4) is 0 Å². The van der Waals surface area contributed by atoms with Crippen LogP contribution in [-0.4, -0.2) is 37.2 Å². The summed E-state index contributed by atoms with van der Waals surface area (Å²) in [7, 11) is 0. The first-order valence-electron chi connectivity index (χ1n) is 8.89. The van der Waals surface area contributed by atoms with Gasteiger partial charge in [0, 0.05) is 11.0 Å². The Bertz CT molecular complexity index is 858. The second-order valence-electron chi connectivity index (χ2n) is 6.51. The molecule has 1 amide bonds. The van der Waals surface area contributed by atoms with Crippen LogP contribution in [0.4, 0.5) is 0 Å². The minimum Gasteiger partial charge on any atom is -0.486 e. The van der Waals surface area contributed by atoms with Crippen LogP contribution in [0.1, 0.15) is 24.4 Å². The zero-order valence-electron chi connectivity index (χ0n) is 14.6. The Hall–Kier alpha value is -1.73. The number of carbonyl (C=O) groups excluding carboxylic acids is 1. The molecular formula is C20H19Br2NO4. The Morgan fingerprint density at radius 2 is 1.93 bits per heavy atom. The van der Waals surface area contributed by atoms with Crippen LogP contribution in [0, 0.1) is 0 Å². The number of hydrogen-bond donors (Lipinski definition) is 0. The molecule has 2 heterocycles. The van der Waals surface area contributed by atoms with Gasteiger partial charge < -0.3 is 19.1 Å². The van der Waals surface area contributed by atoms with Gasteiger partial charge in [-0.2, -0.15) is 0 Å². The molecule has 2 aromatic rings. The van der Waals surface area contributed by atoms with E-state index in [1.165, 1.54) is 0 Å². The predicted octanol–water partition coefficient (Wildman–Crippen LogP) is 4.73. The van der Waals surface area contributed by atoms with Crippen molar-refractivity contribution in [1.82, 2.24) is 4.90 Å². The zero-order valence-corrected chi connectivity index (χ0v) is 17.8. The number of benzene rings is 2. The van der Waals surface area contributed by atoms with Gasteiger partial charge in [0.1, 0.15) is 19.0 Å². The Morgan fingerprint density at radius 1 is 1.11 bits per heavy atom. The Kier molecular flexibility index (Phi) is 5.59. The van der Waals surface area contributed by atoms with Crippen LogP contribution in [0.25, 0.3) is 0 Å². The summed E-state index contributed by atoms with van der Waals surface area (Å²) < 4.78 is 18.8. The highest BCUT2D eigenvalue weighted by atomic mass is 79.9. The number of amides is 1. The number of rotatable bonds is 4. The molecule has 1 unspecified atom stereocenters. The standard InChI is InChI=1S/C20H19Br2NO4/c21-14-4-6-17(15(22)11-14)27-12-20(24)23-7-1-2-16(23)13-3-5-18-19(10-13)26-9-8-25-18/h3-6,10-11,16H,1-2,7-9,12H2. The van der Waals surface area contributed by atoms with Crippen LogP contribution in [0.15, 0.2) is 45.3 Å². The maximum Gasteiger partial charge on any atom is 0.261 e. The van der Waals surface area contributed by atoms with E-state index in [0.717, 1.165) is 45.4 Å². The number of ether oxygens (including phenoxy) is 3. The average molecular weight is 497 g/mol. The summed E-state index contributed by atoms with van der Waals surface area (Å²) >= 11 is 6.87. The molecule has 0 bridgehead atoms. The van der Waals surface area contributed by atoms with Gasteiger partial charge in [-0.1, -0.05) is 22.0 Å². The second kappa shape index (κ2) is 8.10. The van der Waals surface area contributed by atoms with Gasteiger partial charge in [0.15, 0.2) is 18.1 Å². The molecule has 2 aromatic carbocycles. The van der Waals surface area contributed by atoms with Crippen LogP contribution in [0.2, 0.25) is 0 Å². The molecular weight excluding hydrogens is 478 g/mol. The number of fused-ring (bicyclic) bond motifs is 1. The molecule has 4 rings (SSSR count). The fraction of sp³-hybridized carbons (Fsp3) is 0.350. The van der Waals surface area contributed by atoms with Crippen molar-refractivity contribution in [3.05, 3.63) is 50.9 Å². The maximum absolute atomic E-state index is 12.8. The Balaban J connectivity index is 1.45. The minimum atomic E-state index is -0.0118. The SMILES string of the molecule is O=C(COc1ccc(Br)cc1Br)N1CCCC1c1ccc2c(c1)OCCO2. The average Bonchev–Trinajstić information content (AvgIpc) is 3.16. The molecule has 2 aliphatic rings. The molecule has 27 heavy (non-hydrogen) atoms. The van der Waals surface area contributed by atoms with Crippen LogP contribution >= 0.6 is 31.9 Å². The molecule has 1 atom stereocenters. The summed E-state index contributed by atoms with van der Waals surface area (Å²) in [4.78, 5) is 14.7. The number of nitrogens with zero attached hydrogens (tertiary/aromatic N) is 1. The van der Waals surface area contributed by atoms with E-state index in [9.17, 15) is 4.79 Å². The first kappa shape index (κ1) is 18.6. The third kappa shape index (κ3) is 4.09. The van der Waals surface area contributed by atoms with Crippen molar-refractivity contribution >= 4 is 37.8 Å². The third-order valence-corrected chi connectivity index (χ3v) is 5.88. The first-order valence-corrected chi connectivity index (χ1v) is 10.5. The van der Waals surface area contributed by atoms with E-state index in [1.54, 1.807) is 0 Å². The van der Waals surface area contributed by atoms with Crippen LogP contribution in [0.5, 0.6) is 17.2 Å². The number of halogens is 2. The van der Waals surface area contributed by atoms with Gasteiger partial charge in [-0.05, 0) is 64.7 Å². The lowest BCUT2D eigenvalue weighted by Crippen LogP contribution is -2.34. The quantitative estimate of drug-likeness (QED) is 0.614. The van der Waals surface area contributed by atoms with Crippen LogP contribution in [-0.2, 0) is 4.79 Å². The molecule has 0 aliphatic carbocycles. The summed E-state index contributed by atoms with van der Waals surface area (Å²) in [5.74, 6) is 2.17. The van der Waals surface area contributed by atoms with Crippen molar-refractivity contribution < 1.29 is 19.0 Å². The monoisotopic (exact) mass is 495 g/mol. The van der Waals surface area contributed by atoms with Gasteiger partial charge in [-0.3, -0.25) is 4.79 Å². The van der Waals surface area contributed by atoms with E-state index < -0.39 is 0 Å². The minimum absolute atomic E-state index is 0.0118. The van der Waals surface area contributed by atoms with Gasteiger partial charge in [-0.25, -0.2) is 0 Å². The number of carbonyl (C=O) groups is 1. The fourth-order valence-electron chi connectivity index (χ4n) is 3.49. The molecule has 7 heteroatoms. The lowest BCUT2D eigenvalue weighted by atomic mass is 10.0. The van der Waals surface area contributed by atoms with Crippen molar-refractivity contribution in [2.45, 2.75) is 18.9 Å². The van der Waals surface area contributed by atoms with E-state index in [-0.39, 0.29) is 18.6 Å². The largest absolute Gasteiger partial charge is 0.486 e. The first-order chi connectivity index (χ1) is 13.1. The summed E-state index contributed by atoms with van der Waals surface area (Å²) in [6, 6.07) is 11.6. The van der Waals surface area contributed by atoms with Gasteiger partial charge in [0.25, 0.3) is 5.91 Å². The van der Waals surface area contributed by atoms with Crippen molar-refractivity contribution in [1.29, 1.82) is 0 Å². The second-order valence-corrected chi connectivity index (χ2v) is 8.28. The van der Waals surface area contributed by atoms with Crippen molar-refractivity contribution in [2.75, 3.05) is 26.4 Å². The lowest BCUT2D eigenvalue weighted by Gasteiger charge is -2.27. The smallest absolute Gasteiger partial charge is 0.261 e. The predicted molar refractivity (Wildman–Crippen MR) is 108 cm³/mol. The lowest BCUT2D eigenvalue weighted by molar-refractivity contribution is -0.134. The van der Waals surface area contributed by atoms with E-state index >= 15 is 0 Å². The highest BCUT2D eigenvalue weighted by Gasteiger charge is 2.31. The van der Waals surface area contributed by atoms with Gasteiger partial charge >= 0.3 is 0 Å². The molecule has 0 N–H and O–H groups in total. The maximum atomic E-state index is 12.8. The highest BCUT2D eigenvalue weighted by Crippen LogP contribution is 2.38. The molecule has 0 saturated carbocycles. The molecule has 5 nitrogen and oxygen atoms in total. The van der Waals surface area contributed by atoms with Gasteiger partial charge in [0.05, 0.1) is 10.5 Å². The summed E-state index contributed by atoms with van der Waals surface area (Å²) in [6.45, 7) is 1.88. The molecule has 0 spiro atoms. The topological polar surface area (TPSA) is 48.0 Å². The Morgan fingerprint density at radius 3 is 2.74 bits per heavy atom. The van der Waals surface area contributed by atoms with Crippen molar-refractivity contribution in [2.24, 2.45) is 0 Å². The highest BCUT2D eigenvalue weighted by molar-refractivity contribution is 9.11. The van der Waals surface area contributed by atoms with Gasteiger partial charge in [0.2, 0.25) is 0 Å². The van der Waals surface area contributed by atoms with Gasteiger partial charge in [-0.15, -0.1) is 0 Å². The molecule has 1 saturated heterocycles. The molecule has 142 valence electrons. The van der Waals surface area contributed by atoms with E-state index in [1.807, 2.05) is 41.3 Å². The van der Waals surface area contributed by atoms with E-state index in [2.05, 4.69) is 31.9 Å². The molecule has 2 aliphatic heterocycles. The van der Waals surface area contributed by atoms with Crippen molar-refractivity contribution in [3.8, 4) is 17.2 Å². The Labute approximate surface area is 174 Å². The fourth-order valence-corrected chi connectivity index (χ4v) is 4.66. The number of hydrogen-bond acceptors (Lipinski definition) is 4. The van der Waals surface area contributed by atoms with E-state index in [0.29, 0.717) is 19.0 Å². The third-order valence-electron chi connectivity index (χ3n) is 4.77. The zero-order chi connectivity index (χ0) is 18.8. The number of likely N-dealkylation sites (tertiary alicyclic amines) is 1. The van der Waals surface area contributed by atoms with Crippen molar-refractivity contribution in [3.63, 3.8) is 0 Å². The summed E-state index contributed by atoms with van der Waals surface area (Å²) in [5, 5.41) is 0. The normalized spacial score (nSPS) is 18.4. The molecule has 1 fully saturated rings. The van der Waals surface area contributed by atoms with Crippen LogP contribution < -0.4 is 14.2 Å². The molecule has 0 aromatic heterocycles. The van der Waals surface area contributed by atoms with E-state index in [4.69, 9.17) is 14.2 Å². The summed E-state index contributed by atoms with van der Waals surface area (Å²) in [5.41, 5.74) is 1.08.